The van der Waals surface area contributed by atoms with Gasteiger partial charge in [-0.1, -0.05) is 78.1 Å². The summed E-state index contributed by atoms with van der Waals surface area (Å²) in [6.07, 6.45) is 14.8. The average Bonchev–Trinajstić information content (AvgIpc) is 2.45. The molecule has 0 rings (SSSR count). The molecule has 0 saturated heterocycles. The molecule has 1 N–H and O–H groups in total. The maximum absolute atomic E-state index is 9.49. The van der Waals surface area contributed by atoms with E-state index in [2.05, 4.69) is 13.8 Å². The molecule has 0 bridgehead atoms. The van der Waals surface area contributed by atoms with Crippen LogP contribution in [0.3, 0.4) is 0 Å². The molecule has 2 radical (unpaired) electrons. The first-order valence-electron chi connectivity index (χ1n) is 8.72. The van der Waals surface area contributed by atoms with Gasteiger partial charge in [-0.15, -0.1) is 0 Å². The van der Waals surface area contributed by atoms with Gasteiger partial charge in [0.1, 0.15) is 0 Å². The summed E-state index contributed by atoms with van der Waals surface area (Å²) < 4.78 is 10.5. The molecule has 0 aliphatic carbocycles. The molecule has 21 heavy (non-hydrogen) atoms. The van der Waals surface area contributed by atoms with Crippen LogP contribution in [0.25, 0.3) is 0 Å². The second-order valence-corrected chi connectivity index (χ2v) is 5.58. The van der Waals surface area contributed by atoms with Crippen LogP contribution >= 0.6 is 0 Å². The number of rotatable bonds is 16. The molecule has 0 aromatic carbocycles. The zero-order chi connectivity index (χ0) is 14.9. The Kier molecular flexibility index (Phi) is 23.7. The predicted octanol–water partition coefficient (Wildman–Crippen LogP) is 3.80. The quantitative estimate of drug-likeness (QED) is 0.313. The molecule has 0 saturated carbocycles. The van der Waals surface area contributed by atoms with Crippen LogP contribution in [0.1, 0.15) is 90.9 Å². The van der Waals surface area contributed by atoms with Gasteiger partial charge >= 0.3 is 31.2 Å². The van der Waals surface area contributed by atoms with Crippen LogP contribution < -0.4 is 0 Å². The van der Waals surface area contributed by atoms with Gasteiger partial charge in [0.15, 0.2) is 0 Å². The fourth-order valence-electron chi connectivity index (χ4n) is 2.18. The Bertz CT molecular complexity index is 167. The van der Waals surface area contributed by atoms with Gasteiger partial charge < -0.3 is 14.3 Å². The first kappa shape index (κ1) is 24.0. The third-order valence-corrected chi connectivity index (χ3v) is 3.52. The van der Waals surface area contributed by atoms with Crippen molar-refractivity contribution < 1.29 is 14.3 Å². The van der Waals surface area contributed by atoms with Crippen molar-refractivity contribution >= 4 is 31.2 Å². The van der Waals surface area contributed by atoms with E-state index in [9.17, 15) is 5.02 Å². The summed E-state index contributed by atoms with van der Waals surface area (Å²) in [7, 11) is -1.03. The van der Waals surface area contributed by atoms with E-state index < -0.39 is 7.32 Å². The van der Waals surface area contributed by atoms with E-state index in [-0.39, 0.29) is 23.9 Å². The molecule has 126 valence electrons. The fraction of sp³-hybridized carbons (Fsp3) is 1.00. The number of hydrogen-bond donors (Lipinski definition) is 1. The van der Waals surface area contributed by atoms with E-state index in [1.165, 1.54) is 64.2 Å². The summed E-state index contributed by atoms with van der Waals surface area (Å²) in [6, 6.07) is 0. The van der Waals surface area contributed by atoms with E-state index in [1.807, 2.05) is 0 Å². The summed E-state index contributed by atoms with van der Waals surface area (Å²) >= 11 is 0. The zero-order valence-electron chi connectivity index (χ0n) is 14.4. The van der Waals surface area contributed by atoms with Gasteiger partial charge in [0.05, 0.1) is 0 Å². The summed E-state index contributed by atoms with van der Waals surface area (Å²) in [5, 5.41) is 9.49. The number of unbranched alkanes of at least 4 members (excludes halogenated alkanes) is 10. The monoisotopic (exact) mass is 408 g/mol. The molecular weight excluding hydrogens is 370 g/mol. The summed E-state index contributed by atoms with van der Waals surface area (Å²) in [4.78, 5) is 0. The molecule has 0 spiro atoms. The van der Waals surface area contributed by atoms with Crippen molar-refractivity contribution in [2.24, 2.45) is 0 Å². The summed E-state index contributed by atoms with van der Waals surface area (Å²) in [5.74, 6) is 0. The van der Waals surface area contributed by atoms with Crippen molar-refractivity contribution in [1.82, 2.24) is 0 Å². The molecule has 0 aliphatic heterocycles. The van der Waals surface area contributed by atoms with Crippen molar-refractivity contribution in [3.8, 4) is 0 Å². The first-order valence-corrected chi connectivity index (χ1v) is 8.72. The van der Waals surface area contributed by atoms with Crippen LogP contribution in [0.2, 0.25) is 0 Å². The van der Waals surface area contributed by atoms with Crippen molar-refractivity contribution in [1.29, 1.82) is 0 Å². The predicted molar refractivity (Wildman–Crippen MR) is 95.2 cm³/mol. The van der Waals surface area contributed by atoms with Gasteiger partial charge in [-0.2, -0.15) is 0 Å². The van der Waals surface area contributed by atoms with Crippen LogP contribution in [0.4, 0.5) is 0 Å². The normalized spacial score (nSPS) is 10.4. The summed E-state index contributed by atoms with van der Waals surface area (Å²) in [5.41, 5.74) is 0. The van der Waals surface area contributed by atoms with Crippen molar-refractivity contribution in [3.05, 3.63) is 0 Å². The Labute approximate surface area is 149 Å². The van der Waals surface area contributed by atoms with Gasteiger partial charge in [-0.3, -0.25) is 0 Å². The molecule has 0 heterocycles. The minimum atomic E-state index is -1.03. The van der Waals surface area contributed by atoms with Gasteiger partial charge in [0, 0.05) is 13.2 Å². The zero-order valence-corrected chi connectivity index (χ0v) is 18.5. The molecule has 5 heteroatoms. The molecule has 0 atom stereocenters. The second kappa shape index (κ2) is 20.7. The van der Waals surface area contributed by atoms with Crippen LogP contribution in [-0.4, -0.2) is 49.5 Å². The van der Waals surface area contributed by atoms with Crippen LogP contribution in [-0.2, 0) is 9.31 Å². The van der Waals surface area contributed by atoms with Gasteiger partial charge in [-0.05, 0) is 12.8 Å². The Morgan fingerprint density at radius 1 is 0.619 bits per heavy atom. The first-order chi connectivity index (χ1) is 9.81. The molecule has 0 aromatic rings. The Balaban J connectivity index is 0. The van der Waals surface area contributed by atoms with E-state index in [0.29, 0.717) is 13.2 Å². The third kappa shape index (κ3) is 20.7. The third-order valence-electron chi connectivity index (χ3n) is 3.52. The van der Waals surface area contributed by atoms with E-state index >= 15 is 0 Å². The molecule has 0 aromatic heterocycles. The van der Waals surface area contributed by atoms with Gasteiger partial charge in [-0.25, -0.2) is 0 Å². The molecule has 3 nitrogen and oxygen atoms in total. The van der Waals surface area contributed by atoms with E-state index in [4.69, 9.17) is 9.31 Å². The SMILES string of the molecule is CCCCCCCCOB(O)OCCCCCCCC.[SnH2]. The number of hydrogen-bond acceptors (Lipinski definition) is 3. The molecule has 0 aliphatic rings. The Morgan fingerprint density at radius 2 is 0.952 bits per heavy atom. The summed E-state index contributed by atoms with van der Waals surface area (Å²) in [6.45, 7) is 5.65. The Hall–Kier alpha value is 0.744. The fourth-order valence-corrected chi connectivity index (χ4v) is 2.18. The van der Waals surface area contributed by atoms with Crippen LogP contribution in [0, 0.1) is 0 Å². The van der Waals surface area contributed by atoms with E-state index in [1.54, 1.807) is 0 Å². The average molecular weight is 407 g/mol. The topological polar surface area (TPSA) is 38.7 Å². The second-order valence-electron chi connectivity index (χ2n) is 5.58. The van der Waals surface area contributed by atoms with Crippen molar-refractivity contribution in [2.75, 3.05) is 13.2 Å². The van der Waals surface area contributed by atoms with E-state index in [0.717, 1.165) is 12.8 Å². The van der Waals surface area contributed by atoms with Crippen LogP contribution in [0.5, 0.6) is 0 Å². The van der Waals surface area contributed by atoms with Gasteiger partial charge in [0.25, 0.3) is 0 Å². The van der Waals surface area contributed by atoms with Crippen molar-refractivity contribution in [3.63, 3.8) is 0 Å². The molecule has 0 fully saturated rings. The molecule has 0 amide bonds. The standard InChI is InChI=1S/C16H35BO3.Sn.2H/c1-3-5-7-9-11-13-15-19-17(18)20-16-14-12-10-8-6-4-2;;;/h18H,3-16H2,1-2H3;;;. The maximum atomic E-state index is 9.49. The van der Waals surface area contributed by atoms with Crippen molar-refractivity contribution in [2.45, 2.75) is 90.9 Å². The van der Waals surface area contributed by atoms with Crippen LogP contribution in [0.15, 0.2) is 0 Å². The Morgan fingerprint density at radius 3 is 1.33 bits per heavy atom. The minimum absolute atomic E-state index is 0. The van der Waals surface area contributed by atoms with Gasteiger partial charge in [0.2, 0.25) is 0 Å². The molecular formula is C16H37BO3Sn. The molecule has 0 unspecified atom stereocenters.